The molecule has 6 fully saturated rings. The number of carbonyl (C=O) groups excluding carboxylic acids is 2. The number of carboxylic acid groups (broad SMARTS) is 1. The fourth-order valence-electron chi connectivity index (χ4n) is 17.1. The first-order valence-corrected chi connectivity index (χ1v) is 26.9. The Morgan fingerprint density at radius 1 is 0.957 bits per heavy atom. The van der Waals surface area contributed by atoms with E-state index in [1.807, 2.05) is 13.0 Å². The van der Waals surface area contributed by atoms with Gasteiger partial charge in [-0.05, 0) is 197 Å². The minimum Gasteiger partial charge on any atom is -0.481 e. The molecule has 9 rings (SSSR count). The van der Waals surface area contributed by atoms with Crippen molar-refractivity contribution < 1.29 is 43.9 Å². The number of ketones is 1. The number of aliphatic hydroxyl groups excluding tert-OH is 1. The van der Waals surface area contributed by atoms with E-state index >= 15 is 0 Å². The number of aliphatic carboxylic acids is 1. The molecule has 0 aromatic heterocycles. The van der Waals surface area contributed by atoms with Crippen LogP contribution in [0.3, 0.4) is 0 Å². The zero-order valence-electron chi connectivity index (χ0n) is 42.5. The molecule has 11 heteroatoms. The molecule has 8 aliphatic carbocycles. The van der Waals surface area contributed by atoms with Gasteiger partial charge < -0.3 is 40.2 Å². The Morgan fingerprint density at radius 3 is 2.48 bits per heavy atom. The van der Waals surface area contributed by atoms with E-state index in [1.165, 1.54) is 22.3 Å². The summed E-state index contributed by atoms with van der Waals surface area (Å²) in [6.45, 7) is 12.9. The van der Waals surface area contributed by atoms with Crippen LogP contribution in [0.5, 0.6) is 0 Å². The number of benzene rings is 1. The van der Waals surface area contributed by atoms with Gasteiger partial charge in [0, 0.05) is 49.4 Å². The Kier molecular flexibility index (Phi) is 14.4. The van der Waals surface area contributed by atoms with Crippen molar-refractivity contribution in [3.8, 4) is 11.8 Å². The number of rotatable bonds is 14. The molecule has 0 heterocycles. The molecule has 16 atom stereocenters. The molecule has 0 saturated heterocycles. The van der Waals surface area contributed by atoms with Gasteiger partial charge in [-0.2, -0.15) is 0 Å². The summed E-state index contributed by atoms with van der Waals surface area (Å²) in [4.78, 5) is 39.7. The lowest BCUT2D eigenvalue weighted by atomic mass is 9.43. The third-order valence-electron chi connectivity index (χ3n) is 20.8. The number of fused-ring (bicyclic) bond motifs is 9. The SMILES string of the molecule is CC#C[C@@]1(O)CCC2C3CCC4=CC(=O)CCC4=C3[C@H](c3ccc(N(C)CCO[C@H]4CC[C@@]5(C)[C@@H](C4)C[C@@H](OC(=O)OCCCN)[C@@H]4[C@@H]5C[C@H](O)[C@]5(C)[C@@H]([C@H](C)CCC(=O)O)CC[C@@H]45)cc3)C[C@@]21C. The van der Waals surface area contributed by atoms with E-state index in [0.717, 1.165) is 82.9 Å². The molecular formula is C58H82N2O9. The zero-order chi connectivity index (χ0) is 49.0. The predicted molar refractivity (Wildman–Crippen MR) is 266 cm³/mol. The van der Waals surface area contributed by atoms with Gasteiger partial charge in [-0.15, -0.1) is 5.92 Å². The second-order valence-corrected chi connectivity index (χ2v) is 23.9. The van der Waals surface area contributed by atoms with Crippen LogP contribution in [-0.2, 0) is 23.8 Å². The van der Waals surface area contributed by atoms with Crippen LogP contribution in [0.2, 0.25) is 0 Å². The van der Waals surface area contributed by atoms with Crippen molar-refractivity contribution in [1.82, 2.24) is 0 Å². The first kappa shape index (κ1) is 50.3. The maximum atomic E-state index is 13.3. The van der Waals surface area contributed by atoms with Gasteiger partial charge in [-0.25, -0.2) is 4.79 Å². The van der Waals surface area contributed by atoms with Gasteiger partial charge in [0.25, 0.3) is 0 Å². The van der Waals surface area contributed by atoms with Crippen molar-refractivity contribution in [2.24, 2.45) is 69.3 Å². The lowest BCUT2D eigenvalue weighted by Crippen LogP contribution is -2.63. The van der Waals surface area contributed by atoms with Crippen LogP contribution in [0, 0.1) is 75.4 Å². The predicted octanol–water partition coefficient (Wildman–Crippen LogP) is 9.77. The maximum absolute atomic E-state index is 13.3. The minimum atomic E-state index is -1.00. The van der Waals surface area contributed by atoms with Crippen molar-refractivity contribution in [1.29, 1.82) is 0 Å². The number of ether oxygens (including phenoxy) is 3. The molecule has 0 spiro atoms. The highest BCUT2D eigenvalue weighted by molar-refractivity contribution is 5.93. The average Bonchev–Trinajstić information content (AvgIpc) is 3.81. The van der Waals surface area contributed by atoms with Crippen LogP contribution in [-0.4, -0.2) is 90.5 Å². The topological polar surface area (TPSA) is 169 Å². The summed E-state index contributed by atoms with van der Waals surface area (Å²) in [6.07, 6.45) is 13.7. The summed E-state index contributed by atoms with van der Waals surface area (Å²) in [5.74, 6) is 7.77. The number of nitrogens with zero attached hydrogens (tertiary/aromatic N) is 1. The van der Waals surface area contributed by atoms with Crippen LogP contribution in [0.4, 0.5) is 10.5 Å². The van der Waals surface area contributed by atoms with Gasteiger partial charge >= 0.3 is 12.1 Å². The van der Waals surface area contributed by atoms with Crippen LogP contribution < -0.4 is 10.6 Å². The quantitative estimate of drug-likeness (QED) is 0.0796. The van der Waals surface area contributed by atoms with Crippen LogP contribution in [0.15, 0.2) is 47.1 Å². The summed E-state index contributed by atoms with van der Waals surface area (Å²) in [5.41, 5.74) is 10.5. The normalized spacial score (nSPS) is 40.3. The Hall–Kier alpha value is -3.69. The minimum absolute atomic E-state index is 0.0428. The van der Waals surface area contributed by atoms with E-state index in [0.29, 0.717) is 57.1 Å². The average molecular weight is 951 g/mol. The summed E-state index contributed by atoms with van der Waals surface area (Å²) in [6, 6.07) is 9.05. The van der Waals surface area contributed by atoms with Gasteiger partial charge in [0.15, 0.2) is 5.78 Å². The number of hydrogen-bond acceptors (Lipinski definition) is 10. The third-order valence-corrected chi connectivity index (χ3v) is 20.8. The second kappa shape index (κ2) is 19.7. The maximum Gasteiger partial charge on any atom is 0.508 e. The summed E-state index contributed by atoms with van der Waals surface area (Å²) >= 11 is 0. The van der Waals surface area contributed by atoms with Crippen molar-refractivity contribution in [3.05, 3.63) is 52.6 Å². The highest BCUT2D eigenvalue weighted by Gasteiger charge is 2.67. The number of hydrogen-bond donors (Lipinski definition) is 4. The first-order chi connectivity index (χ1) is 32.9. The monoisotopic (exact) mass is 951 g/mol. The van der Waals surface area contributed by atoms with Crippen molar-refractivity contribution >= 4 is 23.6 Å². The molecular weight excluding hydrogens is 869 g/mol. The van der Waals surface area contributed by atoms with Crippen molar-refractivity contribution in [2.45, 2.75) is 174 Å². The number of carbonyl (C=O) groups is 3. The Morgan fingerprint density at radius 2 is 1.74 bits per heavy atom. The molecule has 0 radical (unpaired) electrons. The molecule has 6 saturated carbocycles. The molecule has 2 unspecified atom stereocenters. The molecule has 378 valence electrons. The highest BCUT2D eigenvalue weighted by Crippen LogP contribution is 2.70. The number of aliphatic hydroxyl groups is 2. The van der Waals surface area contributed by atoms with E-state index in [2.05, 4.69) is 75.7 Å². The molecule has 1 aromatic carbocycles. The molecule has 0 bridgehead atoms. The van der Waals surface area contributed by atoms with Crippen molar-refractivity contribution in [3.63, 3.8) is 0 Å². The van der Waals surface area contributed by atoms with E-state index in [1.54, 1.807) is 0 Å². The van der Waals surface area contributed by atoms with E-state index in [-0.39, 0.29) is 88.7 Å². The summed E-state index contributed by atoms with van der Waals surface area (Å²) < 4.78 is 18.7. The van der Waals surface area contributed by atoms with E-state index in [9.17, 15) is 29.7 Å². The molecule has 8 aliphatic rings. The lowest BCUT2D eigenvalue weighted by Gasteiger charge is -2.64. The summed E-state index contributed by atoms with van der Waals surface area (Å²) in [7, 11) is 2.13. The molecule has 0 aliphatic heterocycles. The van der Waals surface area contributed by atoms with Crippen LogP contribution in [0.1, 0.15) is 155 Å². The largest absolute Gasteiger partial charge is 0.508 e. The molecule has 0 amide bonds. The Labute approximate surface area is 411 Å². The van der Waals surface area contributed by atoms with E-state index in [4.69, 9.17) is 19.9 Å². The smallest absolute Gasteiger partial charge is 0.481 e. The Bertz CT molecular complexity index is 2230. The van der Waals surface area contributed by atoms with Crippen LogP contribution >= 0.6 is 0 Å². The van der Waals surface area contributed by atoms with E-state index < -0.39 is 23.8 Å². The summed E-state index contributed by atoms with van der Waals surface area (Å²) in [5, 5.41) is 33.9. The zero-order valence-corrected chi connectivity index (χ0v) is 42.5. The number of anilines is 1. The molecule has 5 N–H and O–H groups in total. The van der Waals surface area contributed by atoms with Gasteiger partial charge in [-0.1, -0.05) is 51.3 Å². The van der Waals surface area contributed by atoms with Crippen LogP contribution in [0.25, 0.3) is 0 Å². The number of carboxylic acids is 1. The number of allylic oxidation sites excluding steroid dienone is 4. The van der Waals surface area contributed by atoms with Gasteiger partial charge in [-0.3, -0.25) is 9.59 Å². The number of likely N-dealkylation sites (N-methyl/N-ethyl adjacent to an activating group) is 1. The number of nitrogens with two attached hydrogens (primary N) is 1. The molecule has 11 nitrogen and oxygen atoms in total. The fourth-order valence-corrected chi connectivity index (χ4v) is 17.1. The van der Waals surface area contributed by atoms with Crippen molar-refractivity contribution in [2.75, 3.05) is 38.3 Å². The third kappa shape index (κ3) is 8.92. The standard InChI is InChI=1S/C58H82N2O9/c1-7-23-58(66)25-22-46-43-16-12-37-30-40(61)15-17-42(37)52(43)44(34-56(46,58)4)36-10-13-39(14-11-36)60(6)27-29-67-41-21-24-55(3)38(31-41)32-49(69-54(65)68-28-8-26-59)53-47-19-18-45(35(2)9-20-51(63)64)57(47,5)50(62)33-48(53)55/h10-11,13-14,30,35,38,41,43-50,53,62,66H,8-9,12,15-22,24-29,31-34,59H2,1-6H3,(H,63,64)/t35-,38+,41+,43?,44+,45-,46?,47+,48+,49-,50+,53+,55+,56+,57-,58-/m1/s1. The molecule has 1 aromatic rings. The lowest BCUT2D eigenvalue weighted by molar-refractivity contribution is -0.211. The van der Waals surface area contributed by atoms with Gasteiger partial charge in [0.1, 0.15) is 11.7 Å². The Balaban J connectivity index is 0.873. The fraction of sp³-hybridized carbons (Fsp3) is 0.741. The molecule has 69 heavy (non-hydrogen) atoms. The second-order valence-electron chi connectivity index (χ2n) is 23.9. The van der Waals surface area contributed by atoms with Gasteiger partial charge in [0.2, 0.25) is 0 Å². The highest BCUT2D eigenvalue weighted by atomic mass is 16.7. The van der Waals surface area contributed by atoms with Gasteiger partial charge in [0.05, 0.1) is 25.4 Å². The first-order valence-electron chi connectivity index (χ1n) is 26.9.